The number of pyridine rings is 1. The highest BCUT2D eigenvalue weighted by atomic mass is 19.3. The van der Waals surface area contributed by atoms with Crippen LogP contribution in [-0.2, 0) is 4.74 Å². The van der Waals surface area contributed by atoms with Crippen LogP contribution in [0.3, 0.4) is 0 Å². The van der Waals surface area contributed by atoms with Crippen LogP contribution >= 0.6 is 0 Å². The first kappa shape index (κ1) is 23.3. The number of nitrogens with one attached hydrogen (secondary N) is 1. The highest BCUT2D eigenvalue weighted by molar-refractivity contribution is 6.08. The molecule has 1 aromatic carbocycles. The van der Waals surface area contributed by atoms with Crippen LogP contribution in [0.5, 0.6) is 0 Å². The second-order valence-electron chi connectivity index (χ2n) is 9.47. The van der Waals surface area contributed by atoms with E-state index in [4.69, 9.17) is 10.1 Å². The predicted molar refractivity (Wildman–Crippen MR) is 123 cm³/mol. The summed E-state index contributed by atoms with van der Waals surface area (Å²) in [6, 6.07) is 9.46. The lowest BCUT2D eigenvalue weighted by molar-refractivity contribution is -0.483. The zero-order valence-corrected chi connectivity index (χ0v) is 19.5. The molecule has 8 heteroatoms. The minimum Gasteiger partial charge on any atom is -0.461 e. The van der Waals surface area contributed by atoms with E-state index in [0.717, 1.165) is 11.3 Å². The van der Waals surface area contributed by atoms with E-state index < -0.39 is 17.3 Å². The predicted octanol–water partition coefficient (Wildman–Crippen LogP) is 4.35. The zero-order valence-electron chi connectivity index (χ0n) is 19.5. The Morgan fingerprint density at radius 1 is 1.33 bits per heavy atom. The molecule has 0 bridgehead atoms. The van der Waals surface area contributed by atoms with Crippen molar-refractivity contribution in [1.29, 1.82) is 5.41 Å². The van der Waals surface area contributed by atoms with Gasteiger partial charge in [-0.3, -0.25) is 5.32 Å². The molecule has 1 saturated carbocycles. The number of anilines is 1. The first-order valence-electron chi connectivity index (χ1n) is 11.4. The van der Waals surface area contributed by atoms with Crippen molar-refractivity contribution in [2.45, 2.75) is 46.5 Å². The van der Waals surface area contributed by atoms with Crippen LogP contribution in [0.15, 0.2) is 30.3 Å². The normalized spacial score (nSPS) is 21.0. The lowest BCUT2D eigenvalue weighted by atomic mass is 9.97. The van der Waals surface area contributed by atoms with Gasteiger partial charge in [0.15, 0.2) is 5.69 Å². The van der Waals surface area contributed by atoms with Crippen LogP contribution in [-0.4, -0.2) is 42.3 Å². The molecule has 3 N–H and O–H groups in total. The molecule has 1 aliphatic heterocycles. The molecule has 1 atom stereocenters. The Bertz CT molecular complexity index is 1100. The molecule has 0 amide bonds. The van der Waals surface area contributed by atoms with E-state index in [1.807, 2.05) is 55.3 Å². The fraction of sp³-hybridized carbons (Fsp3) is 0.480. The Morgan fingerprint density at radius 3 is 2.64 bits per heavy atom. The van der Waals surface area contributed by atoms with Crippen molar-refractivity contribution < 1.29 is 23.6 Å². The molecule has 2 aromatic rings. The molecule has 1 aliphatic carbocycles. The van der Waals surface area contributed by atoms with E-state index in [0.29, 0.717) is 35.7 Å². The molecule has 2 aliphatic rings. The number of benzene rings is 1. The molecular formula is C25H31F2N4O2+. The summed E-state index contributed by atoms with van der Waals surface area (Å²) >= 11 is 0. The summed E-state index contributed by atoms with van der Waals surface area (Å²) in [7, 11) is 0. The monoisotopic (exact) mass is 457 g/mol. The van der Waals surface area contributed by atoms with Crippen LogP contribution in [0.1, 0.15) is 55.2 Å². The minimum atomic E-state index is -2.65. The zero-order chi connectivity index (χ0) is 24.0. The molecular weight excluding hydrogens is 426 g/mol. The molecule has 1 aromatic heterocycles. The number of aromatic nitrogens is 1. The van der Waals surface area contributed by atoms with Gasteiger partial charge in [-0.2, -0.15) is 4.98 Å². The Labute approximate surface area is 192 Å². The molecule has 176 valence electrons. The molecule has 6 nitrogen and oxygen atoms in total. The highest BCUT2D eigenvalue weighted by Gasteiger charge is 2.72. The maximum atomic E-state index is 14.1. The number of halogens is 2. The van der Waals surface area contributed by atoms with E-state index in [9.17, 15) is 13.6 Å². The topological polar surface area (TPSA) is 82.9 Å². The largest absolute Gasteiger partial charge is 0.461 e. The third-order valence-electron chi connectivity index (χ3n) is 6.61. The summed E-state index contributed by atoms with van der Waals surface area (Å²) in [6.45, 7) is 8.40. The Hall–Kier alpha value is -2.87. The number of carbonyl (C=O) groups is 1. The quantitative estimate of drug-likeness (QED) is 0.368. The fourth-order valence-corrected chi connectivity index (χ4v) is 4.60. The number of esters is 1. The lowest BCUT2D eigenvalue weighted by Gasteiger charge is -2.24. The lowest BCUT2D eigenvalue weighted by Crippen LogP contribution is -2.72. The van der Waals surface area contributed by atoms with Crippen molar-refractivity contribution in [3.63, 3.8) is 0 Å². The van der Waals surface area contributed by atoms with Gasteiger partial charge in [0.05, 0.1) is 23.4 Å². The first-order valence-corrected chi connectivity index (χ1v) is 11.4. The van der Waals surface area contributed by atoms with Gasteiger partial charge in [0, 0.05) is 25.6 Å². The van der Waals surface area contributed by atoms with Gasteiger partial charge in [-0.05, 0) is 43.9 Å². The number of nitrogens with zero attached hydrogens (tertiary/aromatic N) is 2. The van der Waals surface area contributed by atoms with Crippen molar-refractivity contribution in [2.24, 2.45) is 11.3 Å². The Morgan fingerprint density at radius 2 is 2.06 bits per heavy atom. The van der Waals surface area contributed by atoms with Crippen LogP contribution < -0.4 is 10.2 Å². The smallest absolute Gasteiger partial charge is 0.357 e. The summed E-state index contributed by atoms with van der Waals surface area (Å²) in [4.78, 5) is 19.1. The van der Waals surface area contributed by atoms with Crippen molar-refractivity contribution in [2.75, 3.05) is 24.6 Å². The standard InChI is InChI=1S/C25H30F2N4O2/c1-5-33-23(32)18-12-19(31-10-9-24(14-31)13-25(24,26)27)20(21(28)15(2)3)22(30-18)29-17-8-6-7-16(4)11-17/h6-8,11-12,15,28H,5,9-10,13-14H2,1-4H3,(H,29,30)/p+1. The summed E-state index contributed by atoms with van der Waals surface area (Å²) in [5.41, 5.74) is 2.62. The maximum Gasteiger partial charge on any atom is 0.357 e. The number of carbonyl (C=O) groups excluding carboxylic acids is 1. The maximum absolute atomic E-state index is 14.1. The van der Waals surface area contributed by atoms with E-state index >= 15 is 0 Å². The van der Waals surface area contributed by atoms with Crippen LogP contribution in [0.2, 0.25) is 0 Å². The third kappa shape index (κ3) is 4.36. The second kappa shape index (κ2) is 8.48. The van der Waals surface area contributed by atoms with Crippen molar-refractivity contribution in [3.05, 3.63) is 47.2 Å². The summed E-state index contributed by atoms with van der Waals surface area (Å²) in [6.07, 6.45) is 0.286. The van der Waals surface area contributed by atoms with Crippen LogP contribution in [0.25, 0.3) is 0 Å². The first-order chi connectivity index (χ1) is 15.6. The third-order valence-corrected chi connectivity index (χ3v) is 6.61. The molecule has 33 heavy (non-hydrogen) atoms. The van der Waals surface area contributed by atoms with Crippen LogP contribution in [0.4, 0.5) is 26.0 Å². The molecule has 1 unspecified atom stereocenters. The number of nitrogens with two attached hydrogens (primary N) is 1. The highest BCUT2D eigenvalue weighted by Crippen LogP contribution is 2.65. The van der Waals surface area contributed by atoms with Crippen LogP contribution in [0, 0.1) is 23.7 Å². The average molecular weight is 458 g/mol. The molecule has 4 rings (SSSR count). The SMILES string of the molecule is CCOC(=O)c1cc(N2CCC3(C2)CC3(F)F)c(C(=N)C(C)C)c([NH2+]c2cccc(C)c2)n1. The van der Waals surface area contributed by atoms with Gasteiger partial charge in [0.2, 0.25) is 5.82 Å². The van der Waals surface area contributed by atoms with Gasteiger partial charge < -0.3 is 15.0 Å². The molecule has 2 fully saturated rings. The molecule has 1 saturated heterocycles. The molecule has 1 spiro atoms. The van der Waals surface area contributed by atoms with E-state index in [1.165, 1.54) is 0 Å². The van der Waals surface area contributed by atoms with Gasteiger partial charge in [-0.25, -0.2) is 13.6 Å². The number of aryl methyl sites for hydroxylation is 1. The average Bonchev–Trinajstić information content (AvgIpc) is 3.06. The fourth-order valence-electron chi connectivity index (χ4n) is 4.60. The summed E-state index contributed by atoms with van der Waals surface area (Å²) in [5, 5.41) is 10.7. The number of hydrogen-bond donors (Lipinski definition) is 2. The van der Waals surface area contributed by atoms with Gasteiger partial charge >= 0.3 is 5.97 Å². The van der Waals surface area contributed by atoms with Crippen molar-refractivity contribution in [1.82, 2.24) is 4.98 Å². The number of quaternary nitrogens is 1. The van der Waals surface area contributed by atoms with E-state index in [2.05, 4.69) is 4.98 Å². The van der Waals surface area contributed by atoms with E-state index in [1.54, 1.807) is 13.0 Å². The number of rotatable bonds is 7. The van der Waals surface area contributed by atoms with Gasteiger partial charge in [-0.1, -0.05) is 26.0 Å². The molecule has 2 heterocycles. The Balaban J connectivity index is 1.84. The Kier molecular flexibility index (Phi) is 5.99. The van der Waals surface area contributed by atoms with Crippen molar-refractivity contribution in [3.8, 4) is 0 Å². The van der Waals surface area contributed by atoms with E-state index in [-0.39, 0.29) is 31.2 Å². The number of hydrogen-bond acceptors (Lipinski definition) is 5. The summed E-state index contributed by atoms with van der Waals surface area (Å²) in [5.74, 6) is -2.85. The van der Waals surface area contributed by atoms with Gasteiger partial charge in [0.25, 0.3) is 5.92 Å². The number of alkyl halides is 2. The van der Waals surface area contributed by atoms with Crippen molar-refractivity contribution >= 4 is 28.9 Å². The van der Waals surface area contributed by atoms with Gasteiger partial charge in [-0.15, -0.1) is 0 Å². The second-order valence-corrected chi connectivity index (χ2v) is 9.47. The number of ether oxygens (including phenoxy) is 1. The minimum absolute atomic E-state index is 0.106. The van der Waals surface area contributed by atoms with Gasteiger partial charge in [0.1, 0.15) is 11.3 Å². The molecule has 0 radical (unpaired) electrons. The summed E-state index contributed by atoms with van der Waals surface area (Å²) < 4.78 is 33.4.